The smallest absolute Gasteiger partial charge is 0.490 e. The molecule has 0 amide bonds. The van der Waals surface area contributed by atoms with Gasteiger partial charge in [-0.1, -0.05) is 36.4 Å². The molecule has 0 saturated heterocycles. The lowest BCUT2D eigenvalue weighted by Crippen LogP contribution is -2.45. The fourth-order valence-electron chi connectivity index (χ4n) is 3.88. The minimum absolute atomic E-state index is 0.262. The number of ether oxygens (including phenoxy) is 1. The molecule has 0 aliphatic carbocycles. The lowest BCUT2D eigenvalue weighted by atomic mass is 10.1. The van der Waals surface area contributed by atoms with Gasteiger partial charge in [-0.05, 0) is 12.1 Å². The maximum atomic E-state index is 13.3. The first-order valence-electron chi connectivity index (χ1n) is 11.9. The number of aliphatic hydroxyl groups is 2. The van der Waals surface area contributed by atoms with Crippen LogP contribution in [0.4, 0.5) is 0 Å². The van der Waals surface area contributed by atoms with Gasteiger partial charge in [0.25, 0.3) is 5.56 Å². The highest BCUT2D eigenvalue weighted by molar-refractivity contribution is 7.66. The van der Waals surface area contributed by atoms with Crippen molar-refractivity contribution in [1.82, 2.24) is 14.1 Å². The summed E-state index contributed by atoms with van der Waals surface area (Å²) in [7, 11) is -17.0. The third-order valence-corrected chi connectivity index (χ3v) is 9.44. The van der Waals surface area contributed by atoms with Crippen LogP contribution < -0.4 is 11.2 Å². The quantitative estimate of drug-likeness (QED) is 0.159. The standard InChI is InChI=1S/C22H24N3O15P3/c26-17-11-18(27)21(38-19(17)13-37-42(33,34)40-43(35,36)39-41(30,31)32)24-10-9-20(28)25(22(24)29)12-15-7-4-8-16(23-15)14-5-2-1-3-6-14/h1-10,18,21,26-27H,11-13H2,(H,33,34)(H,35,36)(H2,30,31,32)/t18-,21+/m0/s1. The molecule has 3 aromatic rings. The van der Waals surface area contributed by atoms with Gasteiger partial charge in [0.05, 0.1) is 17.9 Å². The highest BCUT2D eigenvalue weighted by atomic mass is 31.3. The van der Waals surface area contributed by atoms with Gasteiger partial charge in [0.15, 0.2) is 5.76 Å². The molecule has 1 aliphatic rings. The first kappa shape index (κ1) is 32.7. The molecular weight excluding hydrogens is 639 g/mol. The first-order valence-corrected chi connectivity index (χ1v) is 16.4. The summed E-state index contributed by atoms with van der Waals surface area (Å²) in [6.45, 7) is -1.41. The van der Waals surface area contributed by atoms with Gasteiger partial charge in [-0.25, -0.2) is 18.5 Å². The van der Waals surface area contributed by atoms with E-state index in [1.54, 1.807) is 18.2 Å². The van der Waals surface area contributed by atoms with E-state index in [1.165, 1.54) is 0 Å². The van der Waals surface area contributed by atoms with Gasteiger partial charge in [0.1, 0.15) is 18.5 Å². The van der Waals surface area contributed by atoms with Crippen molar-refractivity contribution in [2.45, 2.75) is 25.3 Å². The number of benzene rings is 1. The Morgan fingerprint density at radius 2 is 1.63 bits per heavy atom. The van der Waals surface area contributed by atoms with Crippen LogP contribution in [0.2, 0.25) is 0 Å². The second kappa shape index (κ2) is 12.8. The molecule has 2 aromatic heterocycles. The predicted molar refractivity (Wildman–Crippen MR) is 144 cm³/mol. The third-order valence-electron chi connectivity index (χ3n) is 5.66. The second-order valence-corrected chi connectivity index (χ2v) is 13.2. The number of nitrogens with zero attached hydrogens (tertiary/aromatic N) is 3. The topological polar surface area (TPSA) is 266 Å². The zero-order valence-electron chi connectivity index (χ0n) is 21.6. The molecular formula is C22H24N3O15P3. The van der Waals surface area contributed by atoms with Gasteiger partial charge in [-0.3, -0.25) is 23.4 Å². The fourth-order valence-corrected chi connectivity index (χ4v) is 6.85. The van der Waals surface area contributed by atoms with Crippen LogP contribution in [0.1, 0.15) is 18.3 Å². The monoisotopic (exact) mass is 663 g/mol. The average molecular weight is 663 g/mol. The van der Waals surface area contributed by atoms with Crippen molar-refractivity contribution >= 4 is 23.5 Å². The molecule has 18 nitrogen and oxygen atoms in total. The molecule has 232 valence electrons. The summed E-state index contributed by atoms with van der Waals surface area (Å²) in [6.07, 6.45) is -2.71. The van der Waals surface area contributed by atoms with Crippen molar-refractivity contribution in [3.05, 3.63) is 98.8 Å². The van der Waals surface area contributed by atoms with Crippen LogP contribution in [0.15, 0.2) is 81.9 Å². The van der Waals surface area contributed by atoms with Crippen molar-refractivity contribution in [2.75, 3.05) is 6.61 Å². The molecule has 4 rings (SSSR count). The Hall–Kier alpha value is -3.24. The summed E-state index contributed by atoms with van der Waals surface area (Å²) in [6, 6.07) is 15.2. The van der Waals surface area contributed by atoms with E-state index in [-0.39, 0.29) is 6.54 Å². The van der Waals surface area contributed by atoms with Gasteiger partial charge in [-0.2, -0.15) is 8.62 Å². The summed E-state index contributed by atoms with van der Waals surface area (Å²) >= 11 is 0. The van der Waals surface area contributed by atoms with Crippen LogP contribution in [0, 0.1) is 0 Å². The number of phosphoric acid groups is 3. The summed E-state index contributed by atoms with van der Waals surface area (Å²) in [5.41, 5.74) is 0.102. The number of pyridine rings is 1. The van der Waals surface area contributed by atoms with E-state index in [9.17, 15) is 43.3 Å². The summed E-state index contributed by atoms with van der Waals surface area (Å²) in [5.74, 6) is -1.33. The Morgan fingerprint density at radius 3 is 2.30 bits per heavy atom. The molecule has 0 radical (unpaired) electrons. The summed E-state index contributed by atoms with van der Waals surface area (Å²) in [4.78, 5) is 66.6. The zero-order chi connectivity index (χ0) is 31.6. The lowest BCUT2D eigenvalue weighted by Gasteiger charge is -2.31. The summed E-state index contributed by atoms with van der Waals surface area (Å²) in [5, 5.41) is 20.7. The maximum absolute atomic E-state index is 13.3. The Balaban J connectivity index is 1.53. The lowest BCUT2D eigenvalue weighted by molar-refractivity contribution is -0.0851. The fraction of sp³-hybridized carbons (Fsp3) is 0.227. The van der Waals surface area contributed by atoms with Crippen molar-refractivity contribution in [3.63, 3.8) is 0 Å². The largest absolute Gasteiger partial charge is 0.509 e. The Kier molecular flexibility index (Phi) is 9.71. The Labute approximate surface area is 241 Å². The Bertz CT molecular complexity index is 1790. The summed E-state index contributed by atoms with van der Waals surface area (Å²) < 4.78 is 53.1. The molecule has 0 bridgehead atoms. The molecule has 4 atom stereocenters. The van der Waals surface area contributed by atoms with Crippen molar-refractivity contribution in [2.24, 2.45) is 0 Å². The first-order chi connectivity index (χ1) is 20.0. The van der Waals surface area contributed by atoms with Crippen molar-refractivity contribution in [3.8, 4) is 11.3 Å². The number of hydrogen-bond acceptors (Lipinski definition) is 12. The number of phosphoric ester groups is 1. The van der Waals surface area contributed by atoms with Crippen LogP contribution in [-0.4, -0.2) is 56.6 Å². The van der Waals surface area contributed by atoms with Gasteiger partial charge in [0.2, 0.25) is 6.23 Å². The van der Waals surface area contributed by atoms with Crippen LogP contribution in [0.5, 0.6) is 0 Å². The van der Waals surface area contributed by atoms with Crippen LogP contribution >= 0.6 is 23.5 Å². The molecule has 2 unspecified atom stereocenters. The molecule has 6 N–H and O–H groups in total. The van der Waals surface area contributed by atoms with Gasteiger partial charge < -0.3 is 34.5 Å². The Morgan fingerprint density at radius 1 is 0.930 bits per heavy atom. The molecule has 0 fully saturated rings. The van der Waals surface area contributed by atoms with Crippen molar-refractivity contribution < 1.29 is 61.4 Å². The molecule has 1 aliphatic heterocycles. The number of rotatable bonds is 11. The van der Waals surface area contributed by atoms with Gasteiger partial charge in [-0.15, -0.1) is 0 Å². The van der Waals surface area contributed by atoms with Crippen LogP contribution in [0.3, 0.4) is 0 Å². The zero-order valence-corrected chi connectivity index (χ0v) is 24.3. The molecule has 0 spiro atoms. The van der Waals surface area contributed by atoms with Crippen LogP contribution in [-0.2, 0) is 38.1 Å². The van der Waals surface area contributed by atoms with E-state index in [2.05, 4.69) is 18.1 Å². The minimum atomic E-state index is -5.80. The maximum Gasteiger partial charge on any atom is 0.490 e. The van der Waals surface area contributed by atoms with Crippen LogP contribution in [0.25, 0.3) is 11.3 Å². The number of aromatic nitrogens is 3. The normalized spacial score (nSPS) is 20.2. The minimum Gasteiger partial charge on any atom is -0.509 e. The molecule has 21 heteroatoms. The third kappa shape index (κ3) is 8.66. The highest BCUT2D eigenvalue weighted by Crippen LogP contribution is 2.66. The molecule has 1 aromatic carbocycles. The molecule has 0 saturated carbocycles. The number of aliphatic hydroxyl groups excluding tert-OH is 2. The average Bonchev–Trinajstić information content (AvgIpc) is 2.90. The number of hydrogen-bond donors (Lipinski definition) is 6. The van der Waals surface area contributed by atoms with Crippen molar-refractivity contribution in [1.29, 1.82) is 0 Å². The van der Waals surface area contributed by atoms with E-state index >= 15 is 0 Å². The van der Waals surface area contributed by atoms with E-state index in [0.717, 1.165) is 27.0 Å². The SMILES string of the molecule is O=c1ccn([C@@H]2OC(COP(=O)(O)OP(=O)(O)OP(=O)(O)O)=C(O)C[C@@H]2O)c(=O)n1Cc1cccc(-c2ccccc2)n1. The van der Waals surface area contributed by atoms with E-state index in [4.69, 9.17) is 14.5 Å². The van der Waals surface area contributed by atoms with E-state index in [1.807, 2.05) is 30.3 Å². The van der Waals surface area contributed by atoms with Gasteiger partial charge in [0, 0.05) is 24.2 Å². The second-order valence-electron chi connectivity index (χ2n) is 8.82. The van der Waals surface area contributed by atoms with Gasteiger partial charge >= 0.3 is 29.2 Å². The highest BCUT2D eigenvalue weighted by Gasteiger charge is 2.41. The van der Waals surface area contributed by atoms with E-state index in [0.29, 0.717) is 11.4 Å². The van der Waals surface area contributed by atoms with E-state index < -0.39 is 71.6 Å². The predicted octanol–water partition coefficient (Wildman–Crippen LogP) is 1.51. The molecule has 43 heavy (non-hydrogen) atoms. The molecule has 3 heterocycles.